The summed E-state index contributed by atoms with van der Waals surface area (Å²) in [6.07, 6.45) is 36.3. The Hall–Kier alpha value is -0.570. The molecule has 6 aliphatic rings. The third-order valence-corrected chi connectivity index (χ3v) is 12.1. The third-order valence-electron chi connectivity index (χ3n) is 12.1. The molecular formula is C34H59NO2. The molecule has 3 heteroatoms. The molecule has 2 bridgehead atoms. The lowest BCUT2D eigenvalue weighted by Crippen LogP contribution is -2.58. The number of hydrogen-bond donors (Lipinski definition) is 1. The van der Waals surface area contributed by atoms with Crippen LogP contribution in [0.5, 0.6) is 0 Å². The average Bonchev–Trinajstić information content (AvgIpc) is 2.85. The van der Waals surface area contributed by atoms with Crippen LogP contribution in [0.25, 0.3) is 0 Å². The lowest BCUT2D eigenvalue weighted by molar-refractivity contribution is -0.133. The lowest BCUT2D eigenvalue weighted by Gasteiger charge is -2.57. The number of carbonyl (C=O) groups is 1. The van der Waals surface area contributed by atoms with Crippen molar-refractivity contribution in [3.05, 3.63) is 0 Å². The first kappa shape index (κ1) is 28.0. The Balaban J connectivity index is 1.06. The van der Waals surface area contributed by atoms with Gasteiger partial charge in [0.15, 0.2) is 0 Å². The van der Waals surface area contributed by atoms with Crippen molar-refractivity contribution in [3.8, 4) is 0 Å². The van der Waals surface area contributed by atoms with Crippen LogP contribution in [0.15, 0.2) is 0 Å². The molecule has 1 amide bonds. The van der Waals surface area contributed by atoms with Crippen LogP contribution in [0.3, 0.4) is 0 Å². The smallest absolute Gasteiger partial charge is 0.246 e. The zero-order chi connectivity index (χ0) is 25.4. The van der Waals surface area contributed by atoms with E-state index in [0.717, 1.165) is 30.6 Å². The van der Waals surface area contributed by atoms with Gasteiger partial charge in [0.05, 0.1) is 6.10 Å². The molecule has 0 unspecified atom stereocenters. The van der Waals surface area contributed by atoms with Crippen molar-refractivity contribution < 1.29 is 9.53 Å². The molecule has 6 aliphatic carbocycles. The van der Waals surface area contributed by atoms with Gasteiger partial charge in [-0.25, -0.2) is 0 Å². The van der Waals surface area contributed by atoms with Crippen molar-refractivity contribution in [2.45, 2.75) is 179 Å². The predicted molar refractivity (Wildman–Crippen MR) is 154 cm³/mol. The van der Waals surface area contributed by atoms with Gasteiger partial charge in [0, 0.05) is 5.54 Å². The summed E-state index contributed by atoms with van der Waals surface area (Å²) >= 11 is 0. The Bertz CT molecular complexity index is 653. The molecule has 0 aromatic heterocycles. The SMILES string of the molecule is O=C(COC1CCCCCCC1)NC12CCC(C3CCCC(C4CCCCCCC4)CCC3)(CC1)CC2. The number of carbonyl (C=O) groups excluding carboxylic acids is 1. The number of amides is 1. The van der Waals surface area contributed by atoms with Crippen LogP contribution in [-0.2, 0) is 9.53 Å². The van der Waals surface area contributed by atoms with E-state index >= 15 is 0 Å². The summed E-state index contributed by atoms with van der Waals surface area (Å²) in [6, 6.07) is 0. The zero-order valence-corrected chi connectivity index (χ0v) is 24.2. The molecule has 37 heavy (non-hydrogen) atoms. The number of nitrogens with one attached hydrogen (secondary N) is 1. The highest BCUT2D eigenvalue weighted by Crippen LogP contribution is 2.58. The van der Waals surface area contributed by atoms with Gasteiger partial charge in [-0.2, -0.15) is 0 Å². The molecule has 0 radical (unpaired) electrons. The summed E-state index contributed by atoms with van der Waals surface area (Å²) in [7, 11) is 0. The number of fused-ring (bicyclic) bond motifs is 3. The van der Waals surface area contributed by atoms with Gasteiger partial charge in [0.25, 0.3) is 0 Å². The Morgan fingerprint density at radius 3 is 1.57 bits per heavy atom. The van der Waals surface area contributed by atoms with Gasteiger partial charge >= 0.3 is 0 Å². The monoisotopic (exact) mass is 513 g/mol. The predicted octanol–water partition coefficient (Wildman–Crippen LogP) is 9.27. The first-order valence-electron chi connectivity index (χ1n) is 17.1. The van der Waals surface area contributed by atoms with Crippen molar-refractivity contribution in [3.63, 3.8) is 0 Å². The Labute approximate surface area is 229 Å². The molecule has 0 aliphatic heterocycles. The van der Waals surface area contributed by atoms with E-state index in [-0.39, 0.29) is 18.1 Å². The topological polar surface area (TPSA) is 38.3 Å². The molecule has 3 nitrogen and oxygen atoms in total. The highest BCUT2D eigenvalue weighted by Gasteiger charge is 2.52. The summed E-state index contributed by atoms with van der Waals surface area (Å²) in [4.78, 5) is 12.9. The minimum absolute atomic E-state index is 0.0774. The second-order valence-electron chi connectivity index (χ2n) is 14.4. The molecule has 0 atom stereocenters. The fourth-order valence-electron chi connectivity index (χ4n) is 9.71. The minimum Gasteiger partial charge on any atom is -0.368 e. The van der Waals surface area contributed by atoms with Crippen LogP contribution < -0.4 is 5.32 Å². The van der Waals surface area contributed by atoms with Gasteiger partial charge in [0.2, 0.25) is 5.91 Å². The average molecular weight is 514 g/mol. The van der Waals surface area contributed by atoms with Crippen LogP contribution >= 0.6 is 0 Å². The summed E-state index contributed by atoms with van der Waals surface area (Å²) in [5.74, 6) is 3.17. The summed E-state index contributed by atoms with van der Waals surface area (Å²) < 4.78 is 6.12. The van der Waals surface area contributed by atoms with Crippen molar-refractivity contribution in [2.24, 2.45) is 23.2 Å². The van der Waals surface area contributed by atoms with Gasteiger partial charge in [-0.15, -0.1) is 0 Å². The molecule has 0 aromatic rings. The highest BCUT2D eigenvalue weighted by molar-refractivity contribution is 5.78. The lowest BCUT2D eigenvalue weighted by atomic mass is 9.51. The van der Waals surface area contributed by atoms with E-state index in [0.29, 0.717) is 11.5 Å². The first-order valence-corrected chi connectivity index (χ1v) is 17.1. The molecule has 6 rings (SSSR count). The van der Waals surface area contributed by atoms with Gasteiger partial charge in [-0.1, -0.05) is 103 Å². The van der Waals surface area contributed by atoms with Gasteiger partial charge in [-0.3, -0.25) is 4.79 Å². The summed E-state index contributed by atoms with van der Waals surface area (Å²) in [5.41, 5.74) is 0.670. The Morgan fingerprint density at radius 1 is 0.568 bits per heavy atom. The fraction of sp³-hybridized carbons (Fsp3) is 0.971. The summed E-state index contributed by atoms with van der Waals surface area (Å²) in [6.45, 7) is 0.280. The van der Waals surface area contributed by atoms with E-state index in [1.54, 1.807) is 0 Å². The highest BCUT2D eigenvalue weighted by atomic mass is 16.5. The first-order chi connectivity index (χ1) is 18.2. The Morgan fingerprint density at radius 2 is 1.03 bits per heavy atom. The van der Waals surface area contributed by atoms with Crippen LogP contribution in [-0.4, -0.2) is 24.2 Å². The van der Waals surface area contributed by atoms with Gasteiger partial charge in [0.1, 0.15) is 6.61 Å². The fourth-order valence-corrected chi connectivity index (χ4v) is 9.71. The van der Waals surface area contributed by atoms with Crippen molar-refractivity contribution >= 4 is 5.91 Å². The van der Waals surface area contributed by atoms with E-state index in [4.69, 9.17) is 4.74 Å². The molecule has 6 fully saturated rings. The zero-order valence-electron chi connectivity index (χ0n) is 24.2. The summed E-state index contributed by atoms with van der Waals surface area (Å²) in [5, 5.41) is 3.52. The van der Waals surface area contributed by atoms with Crippen molar-refractivity contribution in [2.75, 3.05) is 6.61 Å². The molecule has 0 spiro atoms. The number of hydrogen-bond acceptors (Lipinski definition) is 2. The minimum atomic E-state index is 0.0774. The maximum absolute atomic E-state index is 12.9. The normalized spacial score (nSPS) is 37.4. The van der Waals surface area contributed by atoms with Crippen LogP contribution in [0.2, 0.25) is 0 Å². The molecule has 0 heterocycles. The van der Waals surface area contributed by atoms with E-state index in [2.05, 4.69) is 5.32 Å². The van der Waals surface area contributed by atoms with E-state index in [1.165, 1.54) is 154 Å². The van der Waals surface area contributed by atoms with E-state index in [1.807, 2.05) is 0 Å². The number of ether oxygens (including phenoxy) is 1. The van der Waals surface area contributed by atoms with Crippen LogP contribution in [0.1, 0.15) is 167 Å². The largest absolute Gasteiger partial charge is 0.368 e. The maximum Gasteiger partial charge on any atom is 0.246 e. The molecule has 6 saturated carbocycles. The van der Waals surface area contributed by atoms with Gasteiger partial charge in [-0.05, 0) is 87.4 Å². The quantitative estimate of drug-likeness (QED) is 0.384. The molecular weight excluding hydrogens is 454 g/mol. The van der Waals surface area contributed by atoms with Crippen LogP contribution in [0.4, 0.5) is 0 Å². The third kappa shape index (κ3) is 7.55. The van der Waals surface area contributed by atoms with Crippen molar-refractivity contribution in [1.82, 2.24) is 5.32 Å². The molecule has 1 N–H and O–H groups in total. The maximum atomic E-state index is 12.9. The second kappa shape index (κ2) is 13.7. The molecule has 0 saturated heterocycles. The van der Waals surface area contributed by atoms with Crippen molar-refractivity contribution in [1.29, 1.82) is 0 Å². The van der Waals surface area contributed by atoms with E-state index < -0.39 is 0 Å². The van der Waals surface area contributed by atoms with Crippen LogP contribution in [0, 0.1) is 23.2 Å². The molecule has 212 valence electrons. The van der Waals surface area contributed by atoms with E-state index in [9.17, 15) is 4.79 Å². The Kier molecular flexibility index (Phi) is 10.3. The van der Waals surface area contributed by atoms with Gasteiger partial charge < -0.3 is 10.1 Å². The number of rotatable bonds is 6. The molecule has 0 aromatic carbocycles. The standard InChI is InChI=1S/C34H59NO2/c36-32(27-37-31-19-9-5-2-6-10-20-31)35-34-24-21-33(22-25-34,23-26-34)30-17-11-15-29(16-12-18-30)28-13-7-3-1-4-8-14-28/h28-31H,1-27H2,(H,35,36). The second-order valence-corrected chi connectivity index (χ2v) is 14.4.